The number of methoxy groups -OCH3 is 1. The number of carbonyl (C=O) groups is 1. The largest absolute Gasteiger partial charge is 0.507 e. The van der Waals surface area contributed by atoms with Crippen molar-refractivity contribution in [2.24, 2.45) is 5.73 Å². The number of ether oxygens (including phenoxy) is 1. The average molecular weight is 331 g/mol. The predicted octanol–water partition coefficient (Wildman–Crippen LogP) is 1.82. The SMILES string of the molecule is COC(C(=O)NCc1ccc(C(=N)N)cc1)c1c(O)cccc1F. The van der Waals surface area contributed by atoms with E-state index in [0.717, 1.165) is 11.6 Å². The molecule has 2 rings (SSSR count). The van der Waals surface area contributed by atoms with Crippen LogP contribution in [0.15, 0.2) is 42.5 Å². The Morgan fingerprint density at radius 3 is 2.54 bits per heavy atom. The molecule has 7 heteroatoms. The molecule has 0 aliphatic rings. The van der Waals surface area contributed by atoms with Crippen molar-refractivity contribution in [1.29, 1.82) is 5.41 Å². The Bertz CT molecular complexity index is 727. The van der Waals surface area contributed by atoms with Gasteiger partial charge in [0.25, 0.3) is 5.91 Å². The fraction of sp³-hybridized carbons (Fsp3) is 0.176. The molecule has 0 radical (unpaired) electrons. The van der Waals surface area contributed by atoms with Crippen molar-refractivity contribution in [3.63, 3.8) is 0 Å². The van der Waals surface area contributed by atoms with E-state index >= 15 is 0 Å². The number of hydrogen-bond donors (Lipinski definition) is 4. The van der Waals surface area contributed by atoms with Gasteiger partial charge in [0.05, 0.1) is 5.56 Å². The molecule has 0 spiro atoms. The van der Waals surface area contributed by atoms with Crippen molar-refractivity contribution < 1.29 is 19.0 Å². The van der Waals surface area contributed by atoms with Crippen LogP contribution >= 0.6 is 0 Å². The van der Waals surface area contributed by atoms with Gasteiger partial charge in [-0.15, -0.1) is 0 Å². The Hall–Kier alpha value is -2.93. The van der Waals surface area contributed by atoms with E-state index in [4.69, 9.17) is 15.9 Å². The Labute approximate surface area is 138 Å². The van der Waals surface area contributed by atoms with Gasteiger partial charge < -0.3 is 20.9 Å². The third-order valence-electron chi connectivity index (χ3n) is 3.50. The minimum atomic E-state index is -1.26. The van der Waals surface area contributed by atoms with Crippen molar-refractivity contribution in [3.05, 3.63) is 65.0 Å². The van der Waals surface area contributed by atoms with Crippen molar-refractivity contribution in [1.82, 2.24) is 5.32 Å². The normalized spacial score (nSPS) is 11.8. The van der Waals surface area contributed by atoms with E-state index in [0.29, 0.717) is 5.56 Å². The molecular weight excluding hydrogens is 313 g/mol. The molecule has 1 atom stereocenters. The number of nitrogen functional groups attached to an aromatic ring is 1. The lowest BCUT2D eigenvalue weighted by atomic mass is 10.1. The number of benzene rings is 2. The Kier molecular flexibility index (Phi) is 5.49. The van der Waals surface area contributed by atoms with Crippen molar-refractivity contribution in [3.8, 4) is 5.75 Å². The monoisotopic (exact) mass is 331 g/mol. The van der Waals surface area contributed by atoms with Gasteiger partial charge >= 0.3 is 0 Å². The van der Waals surface area contributed by atoms with Crippen LogP contribution in [0.25, 0.3) is 0 Å². The highest BCUT2D eigenvalue weighted by molar-refractivity contribution is 5.94. The van der Waals surface area contributed by atoms with Crippen molar-refractivity contribution in [2.75, 3.05) is 7.11 Å². The van der Waals surface area contributed by atoms with E-state index < -0.39 is 17.8 Å². The second-order valence-electron chi connectivity index (χ2n) is 5.12. The lowest BCUT2D eigenvalue weighted by molar-refractivity contribution is -0.131. The minimum absolute atomic E-state index is 0.0416. The number of nitrogens with two attached hydrogens (primary N) is 1. The summed E-state index contributed by atoms with van der Waals surface area (Å²) in [6, 6.07) is 10.6. The molecule has 126 valence electrons. The summed E-state index contributed by atoms with van der Waals surface area (Å²) in [6.45, 7) is 0.187. The van der Waals surface area contributed by atoms with Gasteiger partial charge in [-0.3, -0.25) is 10.2 Å². The summed E-state index contributed by atoms with van der Waals surface area (Å²) in [6.07, 6.45) is -1.26. The molecule has 0 fully saturated rings. The van der Waals surface area contributed by atoms with E-state index in [1.807, 2.05) is 0 Å². The van der Waals surface area contributed by atoms with Crippen LogP contribution in [0, 0.1) is 11.2 Å². The summed E-state index contributed by atoms with van der Waals surface area (Å²) in [5.41, 5.74) is 6.53. The zero-order valence-electron chi connectivity index (χ0n) is 13.0. The van der Waals surface area contributed by atoms with Crippen molar-refractivity contribution >= 4 is 11.7 Å². The first-order valence-corrected chi connectivity index (χ1v) is 7.15. The number of aromatic hydroxyl groups is 1. The van der Waals surface area contributed by atoms with E-state index in [1.165, 1.54) is 19.2 Å². The van der Waals surface area contributed by atoms with Gasteiger partial charge in [0, 0.05) is 19.2 Å². The first-order valence-electron chi connectivity index (χ1n) is 7.15. The second-order valence-corrected chi connectivity index (χ2v) is 5.12. The molecular formula is C17H18FN3O3. The molecule has 0 saturated heterocycles. The molecule has 5 N–H and O–H groups in total. The van der Waals surface area contributed by atoms with Crippen molar-refractivity contribution in [2.45, 2.75) is 12.6 Å². The Balaban J connectivity index is 2.08. The zero-order chi connectivity index (χ0) is 17.7. The van der Waals surface area contributed by atoms with Crippen LogP contribution in [0.4, 0.5) is 4.39 Å². The highest BCUT2D eigenvalue weighted by Crippen LogP contribution is 2.29. The fourth-order valence-electron chi connectivity index (χ4n) is 2.23. The number of amidine groups is 1. The van der Waals surface area contributed by atoms with Crippen LogP contribution in [-0.4, -0.2) is 24.0 Å². The van der Waals surface area contributed by atoms with Gasteiger partial charge in [0.15, 0.2) is 6.10 Å². The van der Waals surface area contributed by atoms with E-state index in [1.54, 1.807) is 24.3 Å². The van der Waals surface area contributed by atoms with Gasteiger partial charge in [-0.2, -0.15) is 0 Å². The quantitative estimate of drug-likeness (QED) is 0.478. The standard InChI is InChI=1S/C17H18FN3O3/c1-24-15(14-12(18)3-2-4-13(14)22)17(23)21-9-10-5-7-11(8-6-10)16(19)20/h2-8,15,22H,9H2,1H3,(H3,19,20)(H,21,23). The molecule has 0 aliphatic carbocycles. The average Bonchev–Trinajstić information content (AvgIpc) is 2.56. The first-order chi connectivity index (χ1) is 11.4. The Morgan fingerprint density at radius 2 is 2.00 bits per heavy atom. The highest BCUT2D eigenvalue weighted by Gasteiger charge is 2.26. The number of phenolic OH excluding ortho intramolecular Hbond substituents is 1. The molecule has 2 aromatic rings. The maximum atomic E-state index is 13.9. The third kappa shape index (κ3) is 3.88. The lowest BCUT2D eigenvalue weighted by Gasteiger charge is -2.17. The molecule has 6 nitrogen and oxygen atoms in total. The zero-order valence-corrected chi connectivity index (χ0v) is 13.0. The molecule has 1 amide bonds. The molecule has 24 heavy (non-hydrogen) atoms. The number of nitrogens with one attached hydrogen (secondary N) is 2. The lowest BCUT2D eigenvalue weighted by Crippen LogP contribution is -2.30. The number of hydrogen-bond acceptors (Lipinski definition) is 4. The second kappa shape index (κ2) is 7.56. The van der Waals surface area contributed by atoms with Gasteiger partial charge in [0.2, 0.25) is 0 Å². The van der Waals surface area contributed by atoms with Crippen LogP contribution in [0.5, 0.6) is 5.75 Å². The van der Waals surface area contributed by atoms with Crippen LogP contribution in [-0.2, 0) is 16.1 Å². The van der Waals surface area contributed by atoms with Gasteiger partial charge in [-0.05, 0) is 17.7 Å². The highest BCUT2D eigenvalue weighted by atomic mass is 19.1. The van der Waals surface area contributed by atoms with Crippen LogP contribution in [0.3, 0.4) is 0 Å². The minimum Gasteiger partial charge on any atom is -0.507 e. The van der Waals surface area contributed by atoms with Crippen LogP contribution in [0.2, 0.25) is 0 Å². The van der Waals surface area contributed by atoms with E-state index in [9.17, 15) is 14.3 Å². The molecule has 2 aromatic carbocycles. The molecule has 0 bridgehead atoms. The summed E-state index contributed by atoms with van der Waals surface area (Å²) in [5, 5.41) is 19.7. The molecule has 0 heterocycles. The Morgan fingerprint density at radius 1 is 1.33 bits per heavy atom. The molecule has 0 saturated carbocycles. The molecule has 0 aromatic heterocycles. The summed E-state index contributed by atoms with van der Waals surface area (Å²) >= 11 is 0. The summed E-state index contributed by atoms with van der Waals surface area (Å²) in [5.74, 6) is -1.68. The van der Waals surface area contributed by atoms with Gasteiger partial charge in [-0.25, -0.2) is 4.39 Å². The van der Waals surface area contributed by atoms with Gasteiger partial charge in [0.1, 0.15) is 17.4 Å². The fourth-order valence-corrected chi connectivity index (χ4v) is 2.23. The summed E-state index contributed by atoms with van der Waals surface area (Å²) < 4.78 is 18.9. The number of rotatable bonds is 6. The first kappa shape index (κ1) is 17.4. The predicted molar refractivity (Wildman–Crippen MR) is 87.1 cm³/mol. The van der Waals surface area contributed by atoms with Crippen LogP contribution in [0.1, 0.15) is 22.8 Å². The maximum Gasteiger partial charge on any atom is 0.254 e. The van der Waals surface area contributed by atoms with Gasteiger partial charge in [-0.1, -0.05) is 30.3 Å². The number of amides is 1. The van der Waals surface area contributed by atoms with Crippen LogP contribution < -0.4 is 11.1 Å². The topological polar surface area (TPSA) is 108 Å². The molecule has 0 aliphatic heterocycles. The number of phenols is 1. The summed E-state index contributed by atoms with van der Waals surface area (Å²) in [4.78, 5) is 12.3. The number of halogens is 1. The van der Waals surface area contributed by atoms with E-state index in [2.05, 4.69) is 5.32 Å². The molecule has 1 unspecified atom stereocenters. The smallest absolute Gasteiger partial charge is 0.254 e. The van der Waals surface area contributed by atoms with E-state index in [-0.39, 0.29) is 23.7 Å². The summed E-state index contributed by atoms with van der Waals surface area (Å²) in [7, 11) is 1.26. The maximum absolute atomic E-state index is 13.9. The third-order valence-corrected chi connectivity index (χ3v) is 3.50. The number of carbonyl (C=O) groups excluding carboxylic acids is 1.